The minimum absolute atomic E-state index is 0.0498. The minimum Gasteiger partial charge on any atom is -0.406 e. The van der Waals surface area contributed by atoms with Gasteiger partial charge in [0.25, 0.3) is 5.91 Å². The Morgan fingerprint density at radius 1 is 1.16 bits per heavy atom. The number of ether oxygens (including phenoxy) is 2. The second-order valence-corrected chi connectivity index (χ2v) is 8.34. The first-order chi connectivity index (χ1) is 17.6. The van der Waals surface area contributed by atoms with E-state index in [1.165, 1.54) is 49.8 Å². The van der Waals surface area contributed by atoms with E-state index in [9.17, 15) is 27.6 Å². The fourth-order valence-electron chi connectivity index (χ4n) is 3.18. The lowest BCUT2D eigenvalue weighted by atomic mass is 10.1. The van der Waals surface area contributed by atoms with Gasteiger partial charge in [0.05, 0.1) is 16.8 Å². The van der Waals surface area contributed by atoms with Gasteiger partial charge in [-0.1, -0.05) is 0 Å². The summed E-state index contributed by atoms with van der Waals surface area (Å²) < 4.78 is 47.9. The topological polar surface area (TPSA) is 138 Å². The van der Waals surface area contributed by atoms with Crippen molar-refractivity contribution in [2.24, 2.45) is 10.7 Å². The van der Waals surface area contributed by atoms with Crippen LogP contribution in [0.1, 0.15) is 27.1 Å². The molecule has 0 radical (unpaired) electrons. The smallest absolute Gasteiger partial charge is 0.406 e. The molecule has 10 nitrogen and oxygen atoms in total. The van der Waals surface area contributed by atoms with Crippen LogP contribution in [0.4, 0.5) is 13.2 Å². The van der Waals surface area contributed by atoms with Crippen LogP contribution in [0.2, 0.25) is 0 Å². The highest BCUT2D eigenvalue weighted by atomic mass is 32.1. The number of carbonyl (C=O) groups is 3. The lowest BCUT2D eigenvalue weighted by Crippen LogP contribution is -2.29. The molecule has 0 aliphatic carbocycles. The van der Waals surface area contributed by atoms with E-state index in [1.807, 2.05) is 0 Å². The zero-order valence-electron chi connectivity index (χ0n) is 19.4. The third-order valence-electron chi connectivity index (χ3n) is 4.80. The number of aromatic nitrogens is 2. The van der Waals surface area contributed by atoms with E-state index in [-0.39, 0.29) is 29.4 Å². The first-order valence-corrected chi connectivity index (χ1v) is 11.6. The van der Waals surface area contributed by atoms with E-state index in [0.717, 1.165) is 11.3 Å². The second-order valence-electron chi connectivity index (χ2n) is 7.51. The molecule has 0 fully saturated rings. The Morgan fingerprint density at radius 3 is 2.51 bits per heavy atom. The quantitative estimate of drug-likeness (QED) is 0.381. The maximum atomic E-state index is 12.8. The Morgan fingerprint density at radius 2 is 1.86 bits per heavy atom. The Balaban J connectivity index is 1.92. The van der Waals surface area contributed by atoms with Crippen molar-refractivity contribution < 1.29 is 37.0 Å². The molecule has 0 bridgehead atoms. The number of nitrogens with one attached hydrogen (secondary N) is 1. The van der Waals surface area contributed by atoms with Crippen molar-refractivity contribution in [2.45, 2.75) is 19.3 Å². The number of hydrogen-bond donors (Lipinski definition) is 2. The molecule has 0 spiro atoms. The van der Waals surface area contributed by atoms with Gasteiger partial charge in [0.15, 0.2) is 4.80 Å². The molecule has 37 heavy (non-hydrogen) atoms. The van der Waals surface area contributed by atoms with Gasteiger partial charge in [-0.2, -0.15) is 4.99 Å². The van der Waals surface area contributed by atoms with Crippen molar-refractivity contribution in [3.8, 4) is 17.0 Å². The van der Waals surface area contributed by atoms with Gasteiger partial charge in [-0.3, -0.25) is 19.4 Å². The molecular formula is C23H22F3N5O5S. The molecule has 3 aromatic rings. The molecule has 0 aliphatic rings. The van der Waals surface area contributed by atoms with Crippen LogP contribution >= 0.6 is 11.3 Å². The van der Waals surface area contributed by atoms with Crippen LogP contribution in [-0.4, -0.2) is 53.9 Å². The summed E-state index contributed by atoms with van der Waals surface area (Å²) in [5, 5.41) is 4.39. The third-order valence-corrected chi connectivity index (χ3v) is 5.67. The van der Waals surface area contributed by atoms with E-state index in [2.05, 4.69) is 20.0 Å². The summed E-state index contributed by atoms with van der Waals surface area (Å²) in [6, 6.07) is 6.54. The minimum atomic E-state index is -4.82. The van der Waals surface area contributed by atoms with Crippen LogP contribution in [0.5, 0.6) is 5.75 Å². The number of alkyl halides is 3. The number of nitrogens with two attached hydrogens (primary N) is 1. The number of carbonyl (C=O) groups excluding carboxylic acids is 3. The molecule has 0 unspecified atom stereocenters. The normalized spacial score (nSPS) is 11.8. The molecule has 3 N–H and O–H groups in total. The molecule has 0 saturated heterocycles. The average molecular weight is 538 g/mol. The number of primary amides is 1. The van der Waals surface area contributed by atoms with Gasteiger partial charge >= 0.3 is 6.36 Å². The standard InChI is InChI=1S/C23H22F3N5O5S/c1-35-12-19(32)29-7-2-8-31-18(14-3-5-17(6-4-14)36-23(24,25)26)13-37-22(31)30-21(34)16-9-15(20(27)33)10-28-11-16/h3-6,9-11,13H,2,7-8,12H2,1H3,(H2,27,33)(H,29,32). The van der Waals surface area contributed by atoms with Gasteiger partial charge in [0.2, 0.25) is 11.8 Å². The largest absolute Gasteiger partial charge is 0.573 e. The average Bonchev–Trinajstić information content (AvgIpc) is 3.23. The molecular weight excluding hydrogens is 515 g/mol. The van der Waals surface area contributed by atoms with Crippen LogP contribution < -0.4 is 20.6 Å². The van der Waals surface area contributed by atoms with Crippen molar-refractivity contribution >= 4 is 29.1 Å². The third kappa shape index (κ3) is 7.98. The van der Waals surface area contributed by atoms with E-state index < -0.39 is 18.2 Å². The number of nitrogens with zero attached hydrogens (tertiary/aromatic N) is 3. The first kappa shape index (κ1) is 27.5. The molecule has 2 heterocycles. The predicted molar refractivity (Wildman–Crippen MR) is 127 cm³/mol. The zero-order chi connectivity index (χ0) is 27.0. The summed E-state index contributed by atoms with van der Waals surface area (Å²) in [5.41, 5.74) is 6.49. The van der Waals surface area contributed by atoms with Crippen LogP contribution in [0.3, 0.4) is 0 Å². The molecule has 196 valence electrons. The Labute approximate surface area is 212 Å². The fraction of sp³-hybridized carbons (Fsp3) is 0.261. The van der Waals surface area contributed by atoms with Crippen LogP contribution in [0.15, 0.2) is 53.1 Å². The van der Waals surface area contributed by atoms with Crippen molar-refractivity contribution in [3.63, 3.8) is 0 Å². The Hall–Kier alpha value is -4.04. The Bertz CT molecular complexity index is 1340. The number of rotatable bonds is 10. The Kier molecular flexibility index (Phi) is 9.14. The SMILES string of the molecule is COCC(=O)NCCCn1c(-c2ccc(OC(F)(F)F)cc2)csc1=NC(=O)c1cncc(C(N)=O)c1. The molecule has 3 amide bonds. The number of halogens is 3. The van der Waals surface area contributed by atoms with Gasteiger partial charge in [-0.05, 0) is 42.3 Å². The first-order valence-electron chi connectivity index (χ1n) is 10.7. The van der Waals surface area contributed by atoms with Crippen molar-refractivity contribution in [2.75, 3.05) is 20.3 Å². The number of amides is 3. The lowest BCUT2D eigenvalue weighted by Gasteiger charge is -2.12. The van der Waals surface area contributed by atoms with Crippen LogP contribution in [0.25, 0.3) is 11.3 Å². The van der Waals surface area contributed by atoms with Crippen LogP contribution in [-0.2, 0) is 16.1 Å². The molecule has 0 aliphatic heterocycles. The number of methoxy groups -OCH3 is 1. The zero-order valence-corrected chi connectivity index (χ0v) is 20.3. The van der Waals surface area contributed by atoms with Gasteiger partial charge < -0.3 is 25.1 Å². The van der Waals surface area contributed by atoms with Gasteiger partial charge in [-0.15, -0.1) is 24.5 Å². The van der Waals surface area contributed by atoms with E-state index in [1.54, 1.807) is 9.95 Å². The number of thiazole rings is 1. The molecule has 0 atom stereocenters. The van der Waals surface area contributed by atoms with E-state index in [0.29, 0.717) is 35.6 Å². The maximum absolute atomic E-state index is 12.8. The fourth-order valence-corrected chi connectivity index (χ4v) is 4.12. The second kappa shape index (κ2) is 12.3. The number of hydrogen-bond acceptors (Lipinski definition) is 7. The van der Waals surface area contributed by atoms with Gasteiger partial charge in [0, 0.05) is 38.0 Å². The lowest BCUT2D eigenvalue weighted by molar-refractivity contribution is -0.274. The summed E-state index contributed by atoms with van der Waals surface area (Å²) in [4.78, 5) is 44.1. The summed E-state index contributed by atoms with van der Waals surface area (Å²) in [7, 11) is 1.40. The summed E-state index contributed by atoms with van der Waals surface area (Å²) >= 11 is 1.14. The highest BCUT2D eigenvalue weighted by Gasteiger charge is 2.31. The van der Waals surface area contributed by atoms with Gasteiger partial charge in [0.1, 0.15) is 12.4 Å². The van der Waals surface area contributed by atoms with Crippen LogP contribution in [0, 0.1) is 0 Å². The van der Waals surface area contributed by atoms with E-state index >= 15 is 0 Å². The van der Waals surface area contributed by atoms with Crippen molar-refractivity contribution in [1.82, 2.24) is 14.9 Å². The number of pyridine rings is 1. The summed E-state index contributed by atoms with van der Waals surface area (Å²) in [5.74, 6) is -2.08. The molecule has 14 heteroatoms. The van der Waals surface area contributed by atoms with E-state index in [4.69, 9.17) is 10.5 Å². The van der Waals surface area contributed by atoms with Crippen molar-refractivity contribution in [1.29, 1.82) is 0 Å². The van der Waals surface area contributed by atoms with Gasteiger partial charge in [-0.25, -0.2) is 0 Å². The monoisotopic (exact) mass is 537 g/mol. The predicted octanol–water partition coefficient (Wildman–Crippen LogP) is 2.50. The van der Waals surface area contributed by atoms with Crippen molar-refractivity contribution in [3.05, 3.63) is 64.0 Å². The number of benzene rings is 1. The molecule has 3 rings (SSSR count). The highest BCUT2D eigenvalue weighted by Crippen LogP contribution is 2.27. The summed E-state index contributed by atoms with van der Waals surface area (Å²) in [6.07, 6.45) is -1.88. The molecule has 2 aromatic heterocycles. The summed E-state index contributed by atoms with van der Waals surface area (Å²) in [6.45, 7) is 0.538. The molecule has 1 aromatic carbocycles. The maximum Gasteiger partial charge on any atom is 0.573 e. The highest BCUT2D eigenvalue weighted by molar-refractivity contribution is 7.07. The molecule has 0 saturated carbocycles.